The summed E-state index contributed by atoms with van der Waals surface area (Å²) >= 11 is 0. The molecule has 1 aliphatic carbocycles. The number of benzene rings is 1. The van der Waals surface area contributed by atoms with Crippen LogP contribution in [0.3, 0.4) is 0 Å². The summed E-state index contributed by atoms with van der Waals surface area (Å²) in [6.45, 7) is 2.00. The zero-order valence-electron chi connectivity index (χ0n) is 12.8. The van der Waals surface area contributed by atoms with E-state index in [0.29, 0.717) is 31.0 Å². The third kappa shape index (κ3) is 3.65. The minimum Gasteiger partial charge on any atom is -0.350 e. The van der Waals surface area contributed by atoms with Crippen molar-refractivity contribution < 1.29 is 9.59 Å². The second-order valence-corrected chi connectivity index (χ2v) is 6.33. The average Bonchev–Trinajstić information content (AvgIpc) is 3.30. The fraction of sp³-hybridized carbons (Fsp3) is 0.529. The number of rotatable bonds is 6. The first-order valence-corrected chi connectivity index (χ1v) is 8.04. The van der Waals surface area contributed by atoms with Crippen LogP contribution in [0.5, 0.6) is 0 Å². The van der Waals surface area contributed by atoms with Gasteiger partial charge in [-0.25, -0.2) is 0 Å². The van der Waals surface area contributed by atoms with E-state index in [9.17, 15) is 9.59 Å². The maximum absolute atomic E-state index is 12.1. The SMILES string of the molecule is NC(CNC(=O)c1ccc(CN2CCCC2=O)cc1)C1CC1. The summed E-state index contributed by atoms with van der Waals surface area (Å²) < 4.78 is 0. The van der Waals surface area contributed by atoms with Gasteiger partial charge in [0.15, 0.2) is 0 Å². The number of hydrogen-bond donors (Lipinski definition) is 2. The Bertz CT molecular complexity index is 552. The zero-order chi connectivity index (χ0) is 15.5. The van der Waals surface area contributed by atoms with Crippen LogP contribution in [0.2, 0.25) is 0 Å². The van der Waals surface area contributed by atoms with Crippen molar-refractivity contribution in [2.45, 2.75) is 38.3 Å². The van der Waals surface area contributed by atoms with Crippen LogP contribution < -0.4 is 11.1 Å². The summed E-state index contributed by atoms with van der Waals surface area (Å²) in [7, 11) is 0. The molecule has 1 saturated carbocycles. The molecule has 2 aliphatic rings. The number of likely N-dealkylation sites (tertiary alicyclic amines) is 1. The minimum absolute atomic E-state index is 0.0735. The first-order valence-electron chi connectivity index (χ1n) is 8.04. The van der Waals surface area contributed by atoms with Crippen LogP contribution in [-0.2, 0) is 11.3 Å². The topological polar surface area (TPSA) is 75.4 Å². The highest BCUT2D eigenvalue weighted by atomic mass is 16.2. The van der Waals surface area contributed by atoms with Crippen LogP contribution in [-0.4, -0.2) is 35.8 Å². The number of nitrogens with zero attached hydrogens (tertiary/aromatic N) is 1. The maximum Gasteiger partial charge on any atom is 0.251 e. The molecule has 2 fully saturated rings. The van der Waals surface area contributed by atoms with Gasteiger partial charge in [-0.15, -0.1) is 0 Å². The lowest BCUT2D eigenvalue weighted by Gasteiger charge is -2.16. The van der Waals surface area contributed by atoms with Crippen LogP contribution in [0.25, 0.3) is 0 Å². The molecule has 0 bridgehead atoms. The molecular formula is C17H23N3O2. The molecule has 0 aromatic heterocycles. The summed E-state index contributed by atoms with van der Waals surface area (Å²) in [6, 6.07) is 7.54. The molecule has 1 saturated heterocycles. The lowest BCUT2D eigenvalue weighted by Crippen LogP contribution is -2.38. The molecule has 1 aromatic rings. The van der Waals surface area contributed by atoms with Crippen molar-refractivity contribution in [1.82, 2.24) is 10.2 Å². The Hall–Kier alpha value is -1.88. The maximum atomic E-state index is 12.1. The normalized spacial score (nSPS) is 19.3. The first-order chi connectivity index (χ1) is 10.6. The third-order valence-electron chi connectivity index (χ3n) is 4.49. The molecule has 1 heterocycles. The molecule has 2 amide bonds. The summed E-state index contributed by atoms with van der Waals surface area (Å²) in [5.74, 6) is 0.719. The van der Waals surface area contributed by atoms with Crippen LogP contribution >= 0.6 is 0 Å². The van der Waals surface area contributed by atoms with E-state index in [-0.39, 0.29) is 17.9 Å². The number of nitrogens with two attached hydrogens (primary N) is 1. The number of carbonyl (C=O) groups excluding carboxylic acids is 2. The largest absolute Gasteiger partial charge is 0.350 e. The molecule has 5 nitrogen and oxygen atoms in total. The van der Waals surface area contributed by atoms with E-state index in [0.717, 1.165) is 18.5 Å². The van der Waals surface area contributed by atoms with Gasteiger partial charge in [-0.1, -0.05) is 12.1 Å². The first kappa shape index (κ1) is 15.0. The summed E-state index contributed by atoms with van der Waals surface area (Å²) in [6.07, 6.45) is 3.96. The lowest BCUT2D eigenvalue weighted by atomic mass is 10.1. The highest BCUT2D eigenvalue weighted by Gasteiger charge is 2.28. The number of hydrogen-bond acceptors (Lipinski definition) is 3. The Labute approximate surface area is 130 Å². The zero-order valence-corrected chi connectivity index (χ0v) is 12.8. The number of nitrogens with one attached hydrogen (secondary N) is 1. The van der Waals surface area contributed by atoms with Crippen molar-refractivity contribution in [1.29, 1.82) is 0 Å². The van der Waals surface area contributed by atoms with Gasteiger partial charge in [-0.2, -0.15) is 0 Å². The molecule has 0 spiro atoms. The highest BCUT2D eigenvalue weighted by Crippen LogP contribution is 2.31. The molecule has 118 valence electrons. The Morgan fingerprint density at radius 1 is 1.32 bits per heavy atom. The quantitative estimate of drug-likeness (QED) is 0.831. The molecule has 5 heteroatoms. The van der Waals surface area contributed by atoms with Crippen molar-refractivity contribution in [3.63, 3.8) is 0 Å². The van der Waals surface area contributed by atoms with Crippen LogP contribution in [0.1, 0.15) is 41.6 Å². The Kier molecular flexibility index (Phi) is 4.43. The summed E-state index contributed by atoms with van der Waals surface area (Å²) in [5.41, 5.74) is 7.68. The van der Waals surface area contributed by atoms with E-state index in [2.05, 4.69) is 5.32 Å². The summed E-state index contributed by atoms with van der Waals surface area (Å²) in [4.78, 5) is 25.5. The standard InChI is InChI=1S/C17H23N3O2/c18-15(13-7-8-13)10-19-17(22)14-5-3-12(4-6-14)11-20-9-1-2-16(20)21/h3-6,13,15H,1-2,7-11,18H2,(H,19,22). The highest BCUT2D eigenvalue weighted by molar-refractivity contribution is 5.94. The minimum atomic E-state index is -0.0834. The fourth-order valence-corrected chi connectivity index (χ4v) is 2.86. The van der Waals surface area contributed by atoms with E-state index in [1.807, 2.05) is 29.2 Å². The van der Waals surface area contributed by atoms with Gasteiger partial charge in [-0.3, -0.25) is 9.59 Å². The average molecular weight is 301 g/mol. The van der Waals surface area contributed by atoms with Gasteiger partial charge in [0.1, 0.15) is 0 Å². The van der Waals surface area contributed by atoms with Crippen molar-refractivity contribution in [3.8, 4) is 0 Å². The Morgan fingerprint density at radius 2 is 2.05 bits per heavy atom. The molecule has 1 atom stereocenters. The molecule has 22 heavy (non-hydrogen) atoms. The number of carbonyl (C=O) groups is 2. The van der Waals surface area contributed by atoms with Gasteiger partial charge in [-0.05, 0) is 42.9 Å². The molecule has 1 aromatic carbocycles. The van der Waals surface area contributed by atoms with E-state index in [1.165, 1.54) is 12.8 Å². The lowest BCUT2D eigenvalue weighted by molar-refractivity contribution is -0.128. The smallest absolute Gasteiger partial charge is 0.251 e. The molecular weight excluding hydrogens is 278 g/mol. The predicted octanol–water partition coefficient (Wildman–Crippen LogP) is 1.28. The molecule has 0 radical (unpaired) electrons. The molecule has 1 aliphatic heterocycles. The van der Waals surface area contributed by atoms with E-state index < -0.39 is 0 Å². The van der Waals surface area contributed by atoms with Crippen molar-refractivity contribution in [2.75, 3.05) is 13.1 Å². The molecule has 3 rings (SSSR count). The van der Waals surface area contributed by atoms with Crippen LogP contribution in [0, 0.1) is 5.92 Å². The van der Waals surface area contributed by atoms with Gasteiger partial charge in [0, 0.05) is 37.7 Å². The van der Waals surface area contributed by atoms with Crippen LogP contribution in [0.15, 0.2) is 24.3 Å². The van der Waals surface area contributed by atoms with E-state index >= 15 is 0 Å². The Balaban J connectivity index is 1.51. The molecule has 1 unspecified atom stereocenters. The van der Waals surface area contributed by atoms with Crippen molar-refractivity contribution in [2.24, 2.45) is 11.7 Å². The second kappa shape index (κ2) is 6.48. The van der Waals surface area contributed by atoms with Crippen LogP contribution in [0.4, 0.5) is 0 Å². The third-order valence-corrected chi connectivity index (χ3v) is 4.49. The van der Waals surface area contributed by atoms with Gasteiger partial charge >= 0.3 is 0 Å². The fourth-order valence-electron chi connectivity index (χ4n) is 2.86. The van der Waals surface area contributed by atoms with Crippen molar-refractivity contribution >= 4 is 11.8 Å². The summed E-state index contributed by atoms with van der Waals surface area (Å²) in [5, 5.41) is 2.89. The van der Waals surface area contributed by atoms with Gasteiger partial charge < -0.3 is 16.0 Å². The second-order valence-electron chi connectivity index (χ2n) is 6.33. The molecule has 3 N–H and O–H groups in total. The van der Waals surface area contributed by atoms with Crippen molar-refractivity contribution in [3.05, 3.63) is 35.4 Å². The Morgan fingerprint density at radius 3 is 2.64 bits per heavy atom. The predicted molar refractivity (Wildman–Crippen MR) is 84.1 cm³/mol. The number of amides is 2. The van der Waals surface area contributed by atoms with E-state index in [1.54, 1.807) is 0 Å². The van der Waals surface area contributed by atoms with Gasteiger partial charge in [0.2, 0.25) is 5.91 Å². The monoisotopic (exact) mass is 301 g/mol. The van der Waals surface area contributed by atoms with E-state index in [4.69, 9.17) is 5.73 Å². The van der Waals surface area contributed by atoms with Gasteiger partial charge in [0.25, 0.3) is 5.91 Å². The van der Waals surface area contributed by atoms with Gasteiger partial charge in [0.05, 0.1) is 0 Å².